The molecule has 2 N–H and O–H groups in total. The van der Waals surface area contributed by atoms with Crippen molar-refractivity contribution in [1.29, 1.82) is 0 Å². The summed E-state index contributed by atoms with van der Waals surface area (Å²) in [5.41, 5.74) is 4.06. The number of carbonyl (C=O) groups excluding carboxylic acids is 1. The molecule has 4 rings (SSSR count). The van der Waals surface area contributed by atoms with E-state index in [0.717, 1.165) is 43.2 Å². The lowest BCUT2D eigenvalue weighted by Gasteiger charge is -2.28. The van der Waals surface area contributed by atoms with Gasteiger partial charge >= 0.3 is 0 Å². The second-order valence-corrected chi connectivity index (χ2v) is 6.13. The zero-order chi connectivity index (χ0) is 17.8. The molecular formula is C20H20N4O2. The molecule has 0 bridgehead atoms. The molecule has 0 radical (unpaired) electrons. The van der Waals surface area contributed by atoms with Gasteiger partial charge in [0, 0.05) is 30.0 Å². The highest BCUT2D eigenvalue weighted by Crippen LogP contribution is 2.23. The zero-order valence-corrected chi connectivity index (χ0v) is 14.3. The molecule has 1 aliphatic rings. The van der Waals surface area contributed by atoms with Gasteiger partial charge in [-0.3, -0.25) is 9.89 Å². The Morgan fingerprint density at radius 3 is 2.50 bits per heavy atom. The maximum absolute atomic E-state index is 12.7. The molecule has 1 saturated heterocycles. The van der Waals surface area contributed by atoms with Crippen molar-refractivity contribution in [1.82, 2.24) is 10.2 Å². The summed E-state index contributed by atoms with van der Waals surface area (Å²) in [7, 11) is 0. The number of hydrogen-bond donors (Lipinski definition) is 2. The predicted octanol–water partition coefficient (Wildman–Crippen LogP) is 3.17. The van der Waals surface area contributed by atoms with Crippen molar-refractivity contribution in [3.63, 3.8) is 0 Å². The van der Waals surface area contributed by atoms with E-state index in [1.807, 2.05) is 54.6 Å². The number of carbonyl (C=O) groups is 1. The van der Waals surface area contributed by atoms with E-state index in [1.165, 1.54) is 0 Å². The number of morpholine rings is 1. The lowest BCUT2D eigenvalue weighted by Crippen LogP contribution is -2.36. The van der Waals surface area contributed by atoms with Gasteiger partial charge in [-0.05, 0) is 24.3 Å². The molecule has 0 aliphatic carbocycles. The van der Waals surface area contributed by atoms with E-state index in [4.69, 9.17) is 4.74 Å². The molecule has 1 aromatic heterocycles. The number of aromatic amines is 1. The molecule has 2 heterocycles. The number of amides is 1. The first kappa shape index (κ1) is 16.4. The largest absolute Gasteiger partial charge is 0.378 e. The highest BCUT2D eigenvalue weighted by Gasteiger charge is 2.16. The Balaban J connectivity index is 1.48. The normalized spacial score (nSPS) is 14.2. The predicted molar refractivity (Wildman–Crippen MR) is 101 cm³/mol. The quantitative estimate of drug-likeness (QED) is 0.760. The smallest absolute Gasteiger partial charge is 0.259 e. The maximum atomic E-state index is 12.7. The van der Waals surface area contributed by atoms with Gasteiger partial charge in [0.2, 0.25) is 0 Å². The molecule has 6 heteroatoms. The minimum absolute atomic E-state index is 0.184. The molecule has 0 unspecified atom stereocenters. The van der Waals surface area contributed by atoms with Crippen LogP contribution in [-0.2, 0) is 4.74 Å². The van der Waals surface area contributed by atoms with Crippen LogP contribution in [0.3, 0.4) is 0 Å². The second-order valence-electron chi connectivity index (χ2n) is 6.13. The van der Waals surface area contributed by atoms with Gasteiger partial charge in [-0.25, -0.2) is 0 Å². The fourth-order valence-corrected chi connectivity index (χ4v) is 3.06. The SMILES string of the molecule is O=C(Nc1ccc(N2CCOCC2)cc1)c1cn[nH]c1-c1ccccc1. The number of ether oxygens (including phenoxy) is 1. The minimum Gasteiger partial charge on any atom is -0.378 e. The fraction of sp³-hybridized carbons (Fsp3) is 0.200. The van der Waals surface area contributed by atoms with Gasteiger partial charge in [0.05, 0.1) is 30.7 Å². The summed E-state index contributed by atoms with van der Waals surface area (Å²) in [4.78, 5) is 14.9. The summed E-state index contributed by atoms with van der Waals surface area (Å²) >= 11 is 0. The van der Waals surface area contributed by atoms with Crippen molar-refractivity contribution in [2.75, 3.05) is 36.5 Å². The first-order valence-electron chi connectivity index (χ1n) is 8.64. The molecule has 1 amide bonds. The molecule has 132 valence electrons. The van der Waals surface area contributed by atoms with Gasteiger partial charge in [-0.15, -0.1) is 0 Å². The van der Waals surface area contributed by atoms with Crippen LogP contribution < -0.4 is 10.2 Å². The van der Waals surface area contributed by atoms with Crippen molar-refractivity contribution >= 4 is 17.3 Å². The van der Waals surface area contributed by atoms with Crippen LogP contribution in [0.15, 0.2) is 60.8 Å². The van der Waals surface area contributed by atoms with Crippen LogP contribution in [0, 0.1) is 0 Å². The standard InChI is InChI=1S/C20H20N4O2/c25-20(18-14-21-23-19(18)15-4-2-1-3-5-15)22-16-6-8-17(9-7-16)24-10-12-26-13-11-24/h1-9,14H,10-13H2,(H,21,23)(H,22,25). The van der Waals surface area contributed by atoms with Crippen LogP contribution in [0.4, 0.5) is 11.4 Å². The number of aromatic nitrogens is 2. The summed E-state index contributed by atoms with van der Waals surface area (Å²) in [5.74, 6) is -0.184. The molecule has 0 spiro atoms. The number of rotatable bonds is 4. The number of nitrogens with one attached hydrogen (secondary N) is 2. The summed E-state index contributed by atoms with van der Waals surface area (Å²) in [6.07, 6.45) is 1.56. The molecule has 0 atom stereocenters. The molecule has 1 fully saturated rings. The van der Waals surface area contributed by atoms with E-state index in [1.54, 1.807) is 6.20 Å². The summed E-state index contributed by atoms with van der Waals surface area (Å²) in [6.45, 7) is 3.28. The average molecular weight is 348 g/mol. The highest BCUT2D eigenvalue weighted by molar-refractivity contribution is 6.08. The fourth-order valence-electron chi connectivity index (χ4n) is 3.06. The van der Waals surface area contributed by atoms with E-state index in [2.05, 4.69) is 20.4 Å². The molecule has 2 aromatic carbocycles. The van der Waals surface area contributed by atoms with E-state index >= 15 is 0 Å². The van der Waals surface area contributed by atoms with Crippen molar-refractivity contribution in [3.8, 4) is 11.3 Å². The van der Waals surface area contributed by atoms with E-state index in [0.29, 0.717) is 11.3 Å². The molecule has 1 aliphatic heterocycles. The number of benzene rings is 2. The summed E-state index contributed by atoms with van der Waals surface area (Å²) in [6, 6.07) is 17.6. The first-order valence-corrected chi connectivity index (χ1v) is 8.64. The average Bonchev–Trinajstić information content (AvgIpc) is 3.20. The van der Waals surface area contributed by atoms with Crippen LogP contribution >= 0.6 is 0 Å². The highest BCUT2D eigenvalue weighted by atomic mass is 16.5. The van der Waals surface area contributed by atoms with Crippen molar-refractivity contribution < 1.29 is 9.53 Å². The Bertz CT molecular complexity index is 868. The third-order valence-corrected chi connectivity index (χ3v) is 4.45. The summed E-state index contributed by atoms with van der Waals surface area (Å²) < 4.78 is 5.38. The third kappa shape index (κ3) is 3.45. The van der Waals surface area contributed by atoms with Gasteiger partial charge in [0.25, 0.3) is 5.91 Å². The Labute approximate surface area is 151 Å². The Hall–Kier alpha value is -3.12. The van der Waals surface area contributed by atoms with Crippen molar-refractivity contribution in [2.45, 2.75) is 0 Å². The van der Waals surface area contributed by atoms with Crippen LogP contribution in [0.5, 0.6) is 0 Å². The molecule has 26 heavy (non-hydrogen) atoms. The molecule has 0 saturated carbocycles. The first-order chi connectivity index (χ1) is 12.8. The number of nitrogens with zero attached hydrogens (tertiary/aromatic N) is 2. The lowest BCUT2D eigenvalue weighted by atomic mass is 10.1. The Kier molecular flexibility index (Phi) is 4.66. The number of hydrogen-bond acceptors (Lipinski definition) is 4. The number of anilines is 2. The van der Waals surface area contributed by atoms with Crippen molar-refractivity contribution in [3.05, 3.63) is 66.4 Å². The van der Waals surface area contributed by atoms with Crippen LogP contribution in [-0.4, -0.2) is 42.4 Å². The summed E-state index contributed by atoms with van der Waals surface area (Å²) in [5, 5.41) is 9.89. The van der Waals surface area contributed by atoms with Gasteiger partial charge in [0.1, 0.15) is 0 Å². The minimum atomic E-state index is -0.184. The van der Waals surface area contributed by atoms with Crippen LogP contribution in [0.2, 0.25) is 0 Å². The van der Waals surface area contributed by atoms with Crippen molar-refractivity contribution in [2.24, 2.45) is 0 Å². The van der Waals surface area contributed by atoms with E-state index in [9.17, 15) is 4.79 Å². The molecule has 3 aromatic rings. The Morgan fingerprint density at radius 2 is 1.77 bits per heavy atom. The van der Waals surface area contributed by atoms with Gasteiger partial charge in [-0.1, -0.05) is 30.3 Å². The topological polar surface area (TPSA) is 70.2 Å². The van der Waals surface area contributed by atoms with Gasteiger partial charge in [-0.2, -0.15) is 5.10 Å². The molecule has 6 nitrogen and oxygen atoms in total. The number of H-pyrrole nitrogens is 1. The van der Waals surface area contributed by atoms with Crippen LogP contribution in [0.25, 0.3) is 11.3 Å². The van der Waals surface area contributed by atoms with E-state index in [-0.39, 0.29) is 5.91 Å². The zero-order valence-electron chi connectivity index (χ0n) is 14.3. The van der Waals surface area contributed by atoms with Gasteiger partial charge < -0.3 is 15.0 Å². The molecular weight excluding hydrogens is 328 g/mol. The maximum Gasteiger partial charge on any atom is 0.259 e. The second kappa shape index (κ2) is 7.41. The monoisotopic (exact) mass is 348 g/mol. The Morgan fingerprint density at radius 1 is 1.04 bits per heavy atom. The van der Waals surface area contributed by atoms with Crippen LogP contribution in [0.1, 0.15) is 10.4 Å². The third-order valence-electron chi connectivity index (χ3n) is 4.45. The van der Waals surface area contributed by atoms with E-state index < -0.39 is 0 Å². The lowest BCUT2D eigenvalue weighted by molar-refractivity contribution is 0.102. The van der Waals surface area contributed by atoms with Gasteiger partial charge in [0.15, 0.2) is 0 Å².